The first kappa shape index (κ1) is 16.5. The lowest BCUT2D eigenvalue weighted by molar-refractivity contribution is -0.147. The summed E-state index contributed by atoms with van der Waals surface area (Å²) in [5, 5.41) is 9.39. The lowest BCUT2D eigenvalue weighted by Gasteiger charge is -2.34. The van der Waals surface area contributed by atoms with Crippen LogP contribution in [-0.4, -0.2) is 42.1 Å². The molecule has 1 atom stereocenters. The number of benzene rings is 1. The van der Waals surface area contributed by atoms with E-state index in [9.17, 15) is 9.59 Å². The predicted octanol–water partition coefficient (Wildman–Crippen LogP) is 2.66. The van der Waals surface area contributed by atoms with Crippen molar-refractivity contribution in [1.29, 1.82) is 0 Å². The van der Waals surface area contributed by atoms with E-state index in [2.05, 4.69) is 0 Å². The fraction of sp³-hybridized carbons (Fsp3) is 0.375. The number of aliphatic carboxylic acids is 1. The molecule has 1 N–H and O–H groups in total. The van der Waals surface area contributed by atoms with Crippen molar-refractivity contribution in [3.63, 3.8) is 0 Å². The van der Waals surface area contributed by atoms with Crippen LogP contribution in [0, 0.1) is 0 Å². The van der Waals surface area contributed by atoms with Crippen molar-refractivity contribution in [2.75, 3.05) is 20.2 Å². The van der Waals surface area contributed by atoms with Crippen molar-refractivity contribution in [2.24, 2.45) is 0 Å². The number of rotatable bonds is 4. The molecule has 0 spiro atoms. The van der Waals surface area contributed by atoms with Crippen molar-refractivity contribution < 1.29 is 19.4 Å². The summed E-state index contributed by atoms with van der Waals surface area (Å²) in [6.07, 6.45) is 2.73. The zero-order chi connectivity index (χ0) is 16.1. The fourth-order valence-electron chi connectivity index (χ4n) is 2.72. The molecular weight excluding hydrogens is 306 g/mol. The van der Waals surface area contributed by atoms with Gasteiger partial charge in [-0.05, 0) is 36.6 Å². The SMILES string of the molecule is COC(=O)C(c1ccccc1Cl)N1CCC/C(=C\C(=O)O)C1. The monoisotopic (exact) mass is 323 g/mol. The lowest BCUT2D eigenvalue weighted by atomic mass is 9.98. The van der Waals surface area contributed by atoms with Gasteiger partial charge in [0.1, 0.15) is 6.04 Å². The van der Waals surface area contributed by atoms with Gasteiger partial charge in [0.15, 0.2) is 0 Å². The lowest BCUT2D eigenvalue weighted by Crippen LogP contribution is -2.39. The molecule has 1 aromatic rings. The molecule has 0 bridgehead atoms. The number of piperidine rings is 1. The van der Waals surface area contributed by atoms with Gasteiger partial charge in [-0.15, -0.1) is 0 Å². The van der Waals surface area contributed by atoms with Crippen molar-refractivity contribution >= 4 is 23.5 Å². The Morgan fingerprint density at radius 2 is 2.14 bits per heavy atom. The van der Waals surface area contributed by atoms with Gasteiger partial charge in [-0.25, -0.2) is 9.59 Å². The van der Waals surface area contributed by atoms with Crippen molar-refractivity contribution in [3.05, 3.63) is 46.5 Å². The molecule has 22 heavy (non-hydrogen) atoms. The topological polar surface area (TPSA) is 66.8 Å². The second-order valence-corrected chi connectivity index (χ2v) is 5.57. The molecule has 5 nitrogen and oxygen atoms in total. The summed E-state index contributed by atoms with van der Waals surface area (Å²) in [4.78, 5) is 25.0. The summed E-state index contributed by atoms with van der Waals surface area (Å²) < 4.78 is 4.92. The Labute approximate surface area is 134 Å². The van der Waals surface area contributed by atoms with Gasteiger partial charge in [0.2, 0.25) is 0 Å². The van der Waals surface area contributed by atoms with Gasteiger partial charge in [-0.2, -0.15) is 0 Å². The molecule has 1 aliphatic rings. The fourth-order valence-corrected chi connectivity index (χ4v) is 2.96. The van der Waals surface area contributed by atoms with Crippen LogP contribution >= 0.6 is 11.6 Å². The molecule has 1 fully saturated rings. The second kappa shape index (κ2) is 7.42. The van der Waals surface area contributed by atoms with Crippen LogP contribution in [0.1, 0.15) is 24.4 Å². The smallest absolute Gasteiger partial charge is 0.328 e. The standard InChI is InChI=1S/C16H18ClNO4/c1-22-16(21)15(12-6-2-3-7-13(12)17)18-8-4-5-11(10-18)9-14(19)20/h2-3,6-7,9,15H,4-5,8,10H2,1H3,(H,19,20)/b11-9+. The van der Waals surface area contributed by atoms with Gasteiger partial charge in [0.05, 0.1) is 7.11 Å². The third-order valence-corrected chi connectivity index (χ3v) is 4.01. The maximum atomic E-state index is 12.2. The third-order valence-electron chi connectivity index (χ3n) is 3.67. The summed E-state index contributed by atoms with van der Waals surface area (Å²) >= 11 is 6.22. The highest BCUT2D eigenvalue weighted by molar-refractivity contribution is 6.31. The Hall–Kier alpha value is -1.85. The van der Waals surface area contributed by atoms with Crippen molar-refractivity contribution in [3.8, 4) is 0 Å². The van der Waals surface area contributed by atoms with E-state index in [0.717, 1.165) is 18.4 Å². The number of carbonyl (C=O) groups is 2. The number of hydrogen-bond donors (Lipinski definition) is 1. The highest BCUT2D eigenvalue weighted by Crippen LogP contribution is 2.31. The predicted molar refractivity (Wildman–Crippen MR) is 82.7 cm³/mol. The zero-order valence-corrected chi connectivity index (χ0v) is 13.0. The minimum Gasteiger partial charge on any atom is -0.478 e. The van der Waals surface area contributed by atoms with E-state index in [1.54, 1.807) is 18.2 Å². The average molecular weight is 324 g/mol. The second-order valence-electron chi connectivity index (χ2n) is 5.16. The highest BCUT2D eigenvalue weighted by Gasteiger charge is 2.32. The normalized spacial score (nSPS) is 18.9. The number of methoxy groups -OCH3 is 1. The molecule has 1 aromatic carbocycles. The summed E-state index contributed by atoms with van der Waals surface area (Å²) in [5.74, 6) is -1.37. The first-order valence-corrected chi connectivity index (χ1v) is 7.39. The number of hydrogen-bond acceptors (Lipinski definition) is 4. The Bertz CT molecular complexity index is 600. The van der Waals surface area contributed by atoms with Crippen LogP contribution in [0.2, 0.25) is 5.02 Å². The summed E-state index contributed by atoms with van der Waals surface area (Å²) in [7, 11) is 1.34. The number of carboxylic acids is 1. The van der Waals surface area contributed by atoms with Crippen LogP contribution in [0.3, 0.4) is 0 Å². The number of halogens is 1. The molecule has 1 aliphatic heterocycles. The Balaban J connectivity index is 2.32. The third kappa shape index (κ3) is 3.87. The quantitative estimate of drug-likeness (QED) is 0.681. The molecule has 1 saturated heterocycles. The highest BCUT2D eigenvalue weighted by atomic mass is 35.5. The van der Waals surface area contributed by atoms with Gasteiger partial charge in [-0.1, -0.05) is 29.8 Å². The van der Waals surface area contributed by atoms with Gasteiger partial charge in [0.25, 0.3) is 0 Å². The van der Waals surface area contributed by atoms with E-state index in [4.69, 9.17) is 21.4 Å². The number of carboxylic acid groups (broad SMARTS) is 1. The first-order chi connectivity index (χ1) is 10.5. The number of carbonyl (C=O) groups excluding carboxylic acids is 1. The van der Waals surface area contributed by atoms with Crippen LogP contribution in [0.15, 0.2) is 35.9 Å². The van der Waals surface area contributed by atoms with E-state index in [1.807, 2.05) is 11.0 Å². The maximum absolute atomic E-state index is 12.2. The van der Waals surface area contributed by atoms with Crippen LogP contribution in [0.4, 0.5) is 0 Å². The zero-order valence-electron chi connectivity index (χ0n) is 12.3. The van der Waals surface area contributed by atoms with Gasteiger partial charge in [-0.3, -0.25) is 4.90 Å². The summed E-state index contributed by atoms with van der Waals surface area (Å²) in [5.41, 5.74) is 1.47. The number of likely N-dealkylation sites (tertiary alicyclic amines) is 1. The van der Waals surface area contributed by atoms with E-state index < -0.39 is 18.0 Å². The van der Waals surface area contributed by atoms with Crippen LogP contribution in [0.25, 0.3) is 0 Å². The molecule has 6 heteroatoms. The minimum atomic E-state index is -0.968. The van der Waals surface area contributed by atoms with E-state index >= 15 is 0 Å². The molecule has 0 radical (unpaired) electrons. The molecule has 2 rings (SSSR count). The number of nitrogens with zero attached hydrogens (tertiary/aromatic N) is 1. The van der Waals surface area contributed by atoms with Crippen molar-refractivity contribution in [2.45, 2.75) is 18.9 Å². The Kier molecular flexibility index (Phi) is 5.57. The molecule has 0 aliphatic carbocycles. The van der Waals surface area contributed by atoms with Crippen LogP contribution in [0.5, 0.6) is 0 Å². The molecular formula is C16H18ClNO4. The van der Waals surface area contributed by atoms with Crippen LogP contribution < -0.4 is 0 Å². The van der Waals surface area contributed by atoms with Gasteiger partial charge in [0, 0.05) is 17.6 Å². The largest absolute Gasteiger partial charge is 0.478 e. The maximum Gasteiger partial charge on any atom is 0.328 e. The van der Waals surface area contributed by atoms with Crippen molar-refractivity contribution in [1.82, 2.24) is 4.90 Å². The van der Waals surface area contributed by atoms with E-state index in [0.29, 0.717) is 23.7 Å². The van der Waals surface area contributed by atoms with E-state index in [-0.39, 0.29) is 0 Å². The van der Waals surface area contributed by atoms with E-state index in [1.165, 1.54) is 13.2 Å². The Morgan fingerprint density at radius 1 is 1.41 bits per heavy atom. The summed E-state index contributed by atoms with van der Waals surface area (Å²) in [6, 6.07) is 6.50. The van der Waals surface area contributed by atoms with Gasteiger partial charge < -0.3 is 9.84 Å². The first-order valence-electron chi connectivity index (χ1n) is 7.01. The van der Waals surface area contributed by atoms with Gasteiger partial charge >= 0.3 is 11.9 Å². The Morgan fingerprint density at radius 3 is 2.77 bits per heavy atom. The molecule has 0 aromatic heterocycles. The number of ether oxygens (including phenoxy) is 1. The minimum absolute atomic E-state index is 0.398. The van der Waals surface area contributed by atoms with Crippen LogP contribution in [-0.2, 0) is 14.3 Å². The molecule has 0 amide bonds. The summed E-state index contributed by atoms with van der Waals surface area (Å²) in [6.45, 7) is 1.10. The average Bonchev–Trinajstić information content (AvgIpc) is 2.49. The molecule has 1 unspecified atom stereocenters. The molecule has 1 heterocycles. The molecule has 0 saturated carbocycles. The molecule has 118 valence electrons. The number of esters is 1.